The predicted octanol–water partition coefficient (Wildman–Crippen LogP) is 2.27. The lowest BCUT2D eigenvalue weighted by atomic mass is 9.96. The third kappa shape index (κ3) is 5.59. The van der Waals surface area contributed by atoms with Crippen LogP contribution in [0.4, 0.5) is 0 Å². The van der Waals surface area contributed by atoms with Crippen molar-refractivity contribution in [3.8, 4) is 0 Å². The Bertz CT molecular complexity index is 554. The highest BCUT2D eigenvalue weighted by atomic mass is 16.3. The maximum atomic E-state index is 12.6. The second-order valence-electron chi connectivity index (χ2n) is 7.51. The molecule has 6 heteroatoms. The number of likely N-dealkylation sites (tertiary alicyclic amines) is 1. The fourth-order valence-corrected chi connectivity index (χ4v) is 3.24. The van der Waals surface area contributed by atoms with Crippen molar-refractivity contribution in [2.24, 2.45) is 11.8 Å². The van der Waals surface area contributed by atoms with Crippen molar-refractivity contribution < 1.29 is 14.0 Å². The van der Waals surface area contributed by atoms with Crippen molar-refractivity contribution in [1.29, 1.82) is 0 Å². The lowest BCUT2D eigenvalue weighted by molar-refractivity contribution is -0.124. The van der Waals surface area contributed by atoms with Crippen LogP contribution in [0.15, 0.2) is 22.8 Å². The molecule has 25 heavy (non-hydrogen) atoms. The third-order valence-electron chi connectivity index (χ3n) is 4.83. The Morgan fingerprint density at radius 3 is 2.68 bits per heavy atom. The summed E-state index contributed by atoms with van der Waals surface area (Å²) in [5.74, 6) is 0.198. The van der Waals surface area contributed by atoms with Crippen molar-refractivity contribution in [3.63, 3.8) is 0 Å². The highest BCUT2D eigenvalue weighted by molar-refractivity contribution is 5.95. The highest BCUT2D eigenvalue weighted by Gasteiger charge is 2.27. The first-order valence-corrected chi connectivity index (χ1v) is 9.24. The summed E-state index contributed by atoms with van der Waals surface area (Å²) in [6, 6.07) is 3.22. The van der Waals surface area contributed by atoms with Crippen molar-refractivity contribution in [1.82, 2.24) is 15.5 Å². The third-order valence-corrected chi connectivity index (χ3v) is 4.83. The van der Waals surface area contributed by atoms with Gasteiger partial charge in [0.1, 0.15) is 6.04 Å². The van der Waals surface area contributed by atoms with Crippen LogP contribution in [0.25, 0.3) is 0 Å². The molecule has 0 bridgehead atoms. The summed E-state index contributed by atoms with van der Waals surface area (Å²) in [4.78, 5) is 27.2. The van der Waals surface area contributed by atoms with Gasteiger partial charge in [-0.3, -0.25) is 9.59 Å². The van der Waals surface area contributed by atoms with Gasteiger partial charge in [0.05, 0.1) is 6.26 Å². The molecule has 2 amide bonds. The van der Waals surface area contributed by atoms with Gasteiger partial charge in [-0.1, -0.05) is 13.8 Å². The molecule has 0 spiro atoms. The molecule has 0 radical (unpaired) electrons. The highest BCUT2D eigenvalue weighted by Crippen LogP contribution is 2.18. The number of hydrogen-bond donors (Lipinski definition) is 2. The van der Waals surface area contributed by atoms with E-state index >= 15 is 0 Å². The minimum atomic E-state index is -0.567. The smallest absolute Gasteiger partial charge is 0.287 e. The molecule has 2 heterocycles. The maximum Gasteiger partial charge on any atom is 0.287 e. The summed E-state index contributed by atoms with van der Waals surface area (Å²) in [6.07, 6.45) is 3.75. The minimum Gasteiger partial charge on any atom is -0.459 e. The average molecular weight is 349 g/mol. The number of hydrogen-bond acceptors (Lipinski definition) is 4. The van der Waals surface area contributed by atoms with Crippen molar-refractivity contribution >= 4 is 11.8 Å². The van der Waals surface area contributed by atoms with Crippen molar-refractivity contribution in [2.45, 2.75) is 52.6 Å². The van der Waals surface area contributed by atoms with Gasteiger partial charge >= 0.3 is 0 Å². The molecule has 6 nitrogen and oxygen atoms in total. The number of amides is 2. The molecule has 1 saturated heterocycles. The van der Waals surface area contributed by atoms with E-state index in [-0.39, 0.29) is 23.5 Å². The molecule has 0 aromatic carbocycles. The van der Waals surface area contributed by atoms with E-state index in [4.69, 9.17) is 4.42 Å². The van der Waals surface area contributed by atoms with Crippen LogP contribution in [0.3, 0.4) is 0 Å². The van der Waals surface area contributed by atoms with Crippen molar-refractivity contribution in [3.05, 3.63) is 24.2 Å². The van der Waals surface area contributed by atoms with Crippen LogP contribution in [0, 0.1) is 11.8 Å². The van der Waals surface area contributed by atoms with E-state index < -0.39 is 6.04 Å². The largest absolute Gasteiger partial charge is 0.459 e. The normalized spacial score (nSPS) is 19.8. The maximum absolute atomic E-state index is 12.6. The number of nitrogens with one attached hydrogen (secondary N) is 2. The topological polar surface area (TPSA) is 74.6 Å². The molecule has 0 unspecified atom stereocenters. The van der Waals surface area contributed by atoms with E-state index in [1.807, 2.05) is 13.8 Å². The molecule has 1 aromatic rings. The molecule has 0 aliphatic carbocycles. The van der Waals surface area contributed by atoms with Crippen LogP contribution in [-0.4, -0.2) is 48.4 Å². The summed E-state index contributed by atoms with van der Waals surface area (Å²) in [6.45, 7) is 11.1. The van der Waals surface area contributed by atoms with Gasteiger partial charge in [0.25, 0.3) is 5.91 Å². The molecule has 1 fully saturated rings. The quantitative estimate of drug-likeness (QED) is 0.792. The molecular weight excluding hydrogens is 318 g/mol. The number of carbonyl (C=O) groups excluding carboxylic acids is 2. The Kier molecular flexibility index (Phi) is 7.05. The summed E-state index contributed by atoms with van der Waals surface area (Å²) >= 11 is 0. The van der Waals surface area contributed by atoms with Gasteiger partial charge in [-0.2, -0.15) is 0 Å². The van der Waals surface area contributed by atoms with Gasteiger partial charge in [-0.05, 0) is 57.2 Å². The van der Waals surface area contributed by atoms with Crippen LogP contribution < -0.4 is 10.6 Å². The summed E-state index contributed by atoms with van der Waals surface area (Å²) in [5, 5.41) is 5.81. The van der Waals surface area contributed by atoms with Crippen LogP contribution in [-0.2, 0) is 4.79 Å². The lowest BCUT2D eigenvalue weighted by Crippen LogP contribution is -2.51. The Morgan fingerprint density at radius 1 is 1.32 bits per heavy atom. The summed E-state index contributed by atoms with van der Waals surface area (Å²) < 4.78 is 5.10. The molecule has 0 saturated carbocycles. The first-order valence-electron chi connectivity index (χ1n) is 9.24. The van der Waals surface area contributed by atoms with Gasteiger partial charge < -0.3 is 20.0 Å². The van der Waals surface area contributed by atoms with E-state index in [1.165, 1.54) is 12.7 Å². The van der Waals surface area contributed by atoms with Crippen molar-refractivity contribution in [2.75, 3.05) is 19.6 Å². The molecule has 2 N–H and O–H groups in total. The molecule has 1 aliphatic rings. The Labute approximate surface area is 150 Å². The second-order valence-corrected chi connectivity index (χ2v) is 7.51. The van der Waals surface area contributed by atoms with Crippen LogP contribution >= 0.6 is 0 Å². The first kappa shape index (κ1) is 19.5. The number of nitrogens with zero attached hydrogens (tertiary/aromatic N) is 1. The molecule has 2 atom stereocenters. The van der Waals surface area contributed by atoms with E-state index in [1.54, 1.807) is 12.1 Å². The fourth-order valence-electron chi connectivity index (χ4n) is 3.24. The molecule has 140 valence electrons. The predicted molar refractivity (Wildman–Crippen MR) is 97.2 cm³/mol. The Hall–Kier alpha value is -1.82. The molecule has 1 aromatic heterocycles. The van der Waals surface area contributed by atoms with Gasteiger partial charge in [0.2, 0.25) is 5.91 Å². The summed E-state index contributed by atoms with van der Waals surface area (Å²) in [5.41, 5.74) is 0. The average Bonchev–Trinajstić information content (AvgIpc) is 3.12. The van der Waals surface area contributed by atoms with E-state index in [0.29, 0.717) is 18.5 Å². The number of rotatable bonds is 7. The van der Waals surface area contributed by atoms with E-state index in [2.05, 4.69) is 29.4 Å². The fraction of sp³-hybridized carbons (Fsp3) is 0.684. The second kappa shape index (κ2) is 9.04. The monoisotopic (exact) mass is 349 g/mol. The van der Waals surface area contributed by atoms with Crippen LogP contribution in [0.5, 0.6) is 0 Å². The molecular formula is C19H31N3O3. The van der Waals surface area contributed by atoms with Gasteiger partial charge in [0.15, 0.2) is 5.76 Å². The summed E-state index contributed by atoms with van der Waals surface area (Å²) in [7, 11) is 0. The number of piperidine rings is 1. The zero-order valence-corrected chi connectivity index (χ0v) is 15.7. The Balaban J connectivity index is 1.86. The Morgan fingerprint density at radius 2 is 2.08 bits per heavy atom. The van der Waals surface area contributed by atoms with E-state index in [0.717, 1.165) is 19.5 Å². The first-order chi connectivity index (χ1) is 11.9. The zero-order chi connectivity index (χ0) is 18.4. The standard InChI is InChI=1S/C19H31N3O3/c1-13(2)17(21-18(23)16-8-6-10-25-16)19(24)20-11-15-7-5-9-22(12-15)14(3)4/h6,8,10,13-15,17H,5,7,9,11-12H2,1-4H3,(H,20,24)(H,21,23)/t15-,17+/m1/s1. The zero-order valence-electron chi connectivity index (χ0n) is 15.7. The van der Waals surface area contributed by atoms with Gasteiger partial charge in [0, 0.05) is 19.1 Å². The van der Waals surface area contributed by atoms with Crippen LogP contribution in [0.2, 0.25) is 0 Å². The van der Waals surface area contributed by atoms with E-state index in [9.17, 15) is 9.59 Å². The minimum absolute atomic E-state index is 0.00238. The van der Waals surface area contributed by atoms with Gasteiger partial charge in [-0.15, -0.1) is 0 Å². The lowest BCUT2D eigenvalue weighted by Gasteiger charge is -2.35. The van der Waals surface area contributed by atoms with Gasteiger partial charge in [-0.25, -0.2) is 0 Å². The van der Waals surface area contributed by atoms with Crippen LogP contribution in [0.1, 0.15) is 51.1 Å². The number of furan rings is 1. The molecule has 1 aliphatic heterocycles. The molecule has 2 rings (SSSR count). The SMILES string of the molecule is CC(C)[C@H](NC(=O)c1ccco1)C(=O)NC[C@H]1CCCN(C(C)C)C1. The number of carbonyl (C=O) groups is 2.